The summed E-state index contributed by atoms with van der Waals surface area (Å²) in [6, 6.07) is 2.54. The van der Waals surface area contributed by atoms with Gasteiger partial charge in [-0.1, -0.05) is 0 Å². The molecular formula is C11H18N2O. The van der Waals surface area contributed by atoms with Crippen molar-refractivity contribution in [3.63, 3.8) is 0 Å². The second kappa shape index (κ2) is 4.62. The fraction of sp³-hybridized carbons (Fsp3) is 0.636. The van der Waals surface area contributed by atoms with E-state index in [4.69, 9.17) is 4.74 Å². The zero-order valence-electron chi connectivity index (χ0n) is 8.62. The number of rotatable bonds is 4. The molecule has 78 valence electrons. The molecule has 0 saturated carbocycles. The summed E-state index contributed by atoms with van der Waals surface area (Å²) >= 11 is 0. The minimum atomic E-state index is 0.411. The molecule has 1 aliphatic heterocycles. The first-order valence-electron chi connectivity index (χ1n) is 5.33. The molecule has 0 aliphatic carbocycles. The Labute approximate surface area is 84.9 Å². The van der Waals surface area contributed by atoms with Crippen molar-refractivity contribution in [2.45, 2.75) is 38.5 Å². The summed E-state index contributed by atoms with van der Waals surface area (Å²) in [6.45, 7) is 4.05. The number of aromatic amines is 1. The number of hydrogen-bond acceptors (Lipinski definition) is 2. The molecule has 0 bridgehead atoms. The van der Waals surface area contributed by atoms with E-state index in [-0.39, 0.29) is 0 Å². The molecule has 14 heavy (non-hydrogen) atoms. The van der Waals surface area contributed by atoms with Crippen molar-refractivity contribution in [3.8, 4) is 0 Å². The molecule has 2 unspecified atom stereocenters. The number of hydrogen-bond donors (Lipinski definition) is 2. The van der Waals surface area contributed by atoms with Gasteiger partial charge in [0.1, 0.15) is 0 Å². The van der Waals surface area contributed by atoms with Crippen LogP contribution in [-0.4, -0.2) is 23.7 Å². The predicted molar refractivity (Wildman–Crippen MR) is 56.1 cm³/mol. The molecule has 1 fully saturated rings. The predicted octanol–water partition coefficient (Wildman–Crippen LogP) is 1.67. The third-order valence-corrected chi connectivity index (χ3v) is 2.81. The Bertz CT molecular complexity index is 252. The second-order valence-corrected chi connectivity index (χ2v) is 3.94. The van der Waals surface area contributed by atoms with Gasteiger partial charge in [0.15, 0.2) is 0 Å². The summed E-state index contributed by atoms with van der Waals surface area (Å²) in [4.78, 5) is 3.05. The van der Waals surface area contributed by atoms with Gasteiger partial charge < -0.3 is 15.0 Å². The Hall–Kier alpha value is -0.800. The first kappa shape index (κ1) is 9.74. The highest BCUT2D eigenvalue weighted by Crippen LogP contribution is 2.15. The molecule has 0 amide bonds. The standard InChI is InChI=1S/C11H18N2O/c1-9(11-3-2-6-14-11)13-8-10-4-5-12-7-10/h4-5,7,9,11-13H,2-3,6,8H2,1H3. The normalized spacial score (nSPS) is 23.9. The van der Waals surface area contributed by atoms with Crippen LogP contribution in [0.3, 0.4) is 0 Å². The zero-order valence-corrected chi connectivity index (χ0v) is 8.62. The first-order valence-corrected chi connectivity index (χ1v) is 5.33. The fourth-order valence-electron chi connectivity index (χ4n) is 1.88. The smallest absolute Gasteiger partial charge is 0.0726 e. The van der Waals surface area contributed by atoms with Gasteiger partial charge in [0, 0.05) is 31.6 Å². The van der Waals surface area contributed by atoms with Crippen molar-refractivity contribution in [2.24, 2.45) is 0 Å². The molecular weight excluding hydrogens is 176 g/mol. The molecule has 1 aromatic rings. The quantitative estimate of drug-likeness (QED) is 0.765. The SMILES string of the molecule is CC(NCc1cc[nH]c1)C1CCCO1. The third-order valence-electron chi connectivity index (χ3n) is 2.81. The van der Waals surface area contributed by atoms with E-state index in [9.17, 15) is 0 Å². The minimum Gasteiger partial charge on any atom is -0.377 e. The summed E-state index contributed by atoms with van der Waals surface area (Å²) in [6.07, 6.45) is 6.79. The van der Waals surface area contributed by atoms with Gasteiger partial charge in [-0.3, -0.25) is 0 Å². The van der Waals surface area contributed by atoms with Crippen molar-refractivity contribution in [1.82, 2.24) is 10.3 Å². The molecule has 2 atom stereocenters. The van der Waals surface area contributed by atoms with Gasteiger partial charge in [0.05, 0.1) is 6.10 Å². The Balaban J connectivity index is 1.74. The summed E-state index contributed by atoms with van der Waals surface area (Å²) in [7, 11) is 0. The van der Waals surface area contributed by atoms with Crippen LogP contribution in [0.2, 0.25) is 0 Å². The van der Waals surface area contributed by atoms with E-state index in [2.05, 4.69) is 23.3 Å². The molecule has 3 nitrogen and oxygen atoms in total. The summed E-state index contributed by atoms with van der Waals surface area (Å²) < 4.78 is 5.61. The molecule has 0 aromatic carbocycles. The van der Waals surface area contributed by atoms with E-state index in [1.165, 1.54) is 18.4 Å². The van der Waals surface area contributed by atoms with E-state index in [1.54, 1.807) is 0 Å². The van der Waals surface area contributed by atoms with Crippen LogP contribution in [0.5, 0.6) is 0 Å². The van der Waals surface area contributed by atoms with Gasteiger partial charge in [-0.15, -0.1) is 0 Å². The van der Waals surface area contributed by atoms with Crippen LogP contribution in [0, 0.1) is 0 Å². The topological polar surface area (TPSA) is 37.0 Å². The molecule has 1 aromatic heterocycles. The Morgan fingerprint density at radius 1 is 1.71 bits per heavy atom. The van der Waals surface area contributed by atoms with Gasteiger partial charge in [-0.25, -0.2) is 0 Å². The highest BCUT2D eigenvalue weighted by atomic mass is 16.5. The van der Waals surface area contributed by atoms with E-state index in [0.717, 1.165) is 13.2 Å². The van der Waals surface area contributed by atoms with Crippen LogP contribution >= 0.6 is 0 Å². The first-order chi connectivity index (χ1) is 6.86. The van der Waals surface area contributed by atoms with Crippen LogP contribution in [0.15, 0.2) is 18.5 Å². The lowest BCUT2D eigenvalue weighted by Crippen LogP contribution is -2.36. The largest absolute Gasteiger partial charge is 0.377 e. The number of aromatic nitrogens is 1. The van der Waals surface area contributed by atoms with Crippen molar-refractivity contribution < 1.29 is 4.74 Å². The number of nitrogens with one attached hydrogen (secondary N) is 2. The zero-order chi connectivity index (χ0) is 9.80. The highest BCUT2D eigenvalue weighted by Gasteiger charge is 2.21. The van der Waals surface area contributed by atoms with Crippen LogP contribution in [0.25, 0.3) is 0 Å². The Kier molecular flexibility index (Phi) is 3.22. The van der Waals surface area contributed by atoms with Crippen LogP contribution in [0.4, 0.5) is 0 Å². The van der Waals surface area contributed by atoms with Gasteiger partial charge in [0.2, 0.25) is 0 Å². The van der Waals surface area contributed by atoms with Gasteiger partial charge in [-0.2, -0.15) is 0 Å². The van der Waals surface area contributed by atoms with Gasteiger partial charge in [-0.05, 0) is 31.4 Å². The third kappa shape index (κ3) is 2.36. The monoisotopic (exact) mass is 194 g/mol. The lowest BCUT2D eigenvalue weighted by Gasteiger charge is -2.19. The highest BCUT2D eigenvalue weighted by molar-refractivity contribution is 5.07. The Morgan fingerprint density at radius 2 is 2.64 bits per heavy atom. The van der Waals surface area contributed by atoms with Crippen molar-refractivity contribution in [3.05, 3.63) is 24.0 Å². The molecule has 1 saturated heterocycles. The molecule has 3 heteroatoms. The molecule has 2 heterocycles. The van der Waals surface area contributed by atoms with Gasteiger partial charge in [0.25, 0.3) is 0 Å². The maximum atomic E-state index is 5.61. The molecule has 0 radical (unpaired) electrons. The molecule has 2 N–H and O–H groups in total. The van der Waals surface area contributed by atoms with E-state index in [1.807, 2.05) is 12.4 Å². The average Bonchev–Trinajstić information content (AvgIpc) is 2.87. The van der Waals surface area contributed by atoms with Crippen molar-refractivity contribution in [2.75, 3.05) is 6.61 Å². The second-order valence-electron chi connectivity index (χ2n) is 3.94. The van der Waals surface area contributed by atoms with Crippen molar-refractivity contribution in [1.29, 1.82) is 0 Å². The molecule has 2 rings (SSSR count). The van der Waals surface area contributed by atoms with Gasteiger partial charge >= 0.3 is 0 Å². The van der Waals surface area contributed by atoms with Crippen LogP contribution < -0.4 is 5.32 Å². The van der Waals surface area contributed by atoms with Crippen LogP contribution in [0.1, 0.15) is 25.3 Å². The Morgan fingerprint density at radius 3 is 3.29 bits per heavy atom. The van der Waals surface area contributed by atoms with E-state index >= 15 is 0 Å². The van der Waals surface area contributed by atoms with E-state index in [0.29, 0.717) is 12.1 Å². The lowest BCUT2D eigenvalue weighted by atomic mass is 10.1. The summed E-state index contributed by atoms with van der Waals surface area (Å²) in [5.74, 6) is 0. The summed E-state index contributed by atoms with van der Waals surface area (Å²) in [5.41, 5.74) is 1.30. The van der Waals surface area contributed by atoms with E-state index < -0.39 is 0 Å². The number of H-pyrrole nitrogens is 1. The average molecular weight is 194 g/mol. The summed E-state index contributed by atoms with van der Waals surface area (Å²) in [5, 5.41) is 3.48. The number of ether oxygens (including phenoxy) is 1. The van der Waals surface area contributed by atoms with Crippen molar-refractivity contribution >= 4 is 0 Å². The maximum Gasteiger partial charge on any atom is 0.0726 e. The maximum absolute atomic E-state index is 5.61. The van der Waals surface area contributed by atoms with Crippen LogP contribution in [-0.2, 0) is 11.3 Å². The lowest BCUT2D eigenvalue weighted by molar-refractivity contribution is 0.0832. The molecule has 1 aliphatic rings. The fourth-order valence-corrected chi connectivity index (χ4v) is 1.88. The minimum absolute atomic E-state index is 0.411. The molecule has 0 spiro atoms.